The molecule has 3 bridgehead atoms. The summed E-state index contributed by atoms with van der Waals surface area (Å²) in [4.78, 5) is 67.4. The number of hydrogen-bond donors (Lipinski definition) is 3. The van der Waals surface area contributed by atoms with Crippen LogP contribution in [0.2, 0.25) is 0 Å². The second kappa shape index (κ2) is 14.4. The van der Waals surface area contributed by atoms with E-state index in [-0.39, 0.29) is 25.3 Å². The minimum atomic E-state index is -3.88. The van der Waals surface area contributed by atoms with E-state index < -0.39 is 74.3 Å². The third-order valence-corrected chi connectivity index (χ3v) is 14.0. The van der Waals surface area contributed by atoms with E-state index in [1.165, 1.54) is 4.90 Å². The van der Waals surface area contributed by atoms with Crippen LogP contribution in [-0.2, 0) is 35.6 Å². The minimum Gasteiger partial charge on any atom is -0.471 e. The molecule has 0 radical (unpaired) electrons. The van der Waals surface area contributed by atoms with Crippen molar-refractivity contribution in [3.8, 4) is 5.88 Å². The monoisotopic (exact) mass is 762 g/mol. The van der Waals surface area contributed by atoms with Crippen LogP contribution < -0.4 is 20.1 Å². The van der Waals surface area contributed by atoms with Gasteiger partial charge in [-0.2, -0.15) is 0 Å². The fourth-order valence-corrected chi connectivity index (χ4v) is 9.85. The third-order valence-electron chi connectivity index (χ3n) is 12.2. The Hall–Kier alpha value is -4.27. The average molecular weight is 763 g/mol. The van der Waals surface area contributed by atoms with Gasteiger partial charge in [0.05, 0.1) is 22.8 Å². The predicted molar refractivity (Wildman–Crippen MR) is 197 cm³/mol. The molecule has 54 heavy (non-hydrogen) atoms. The van der Waals surface area contributed by atoms with Crippen molar-refractivity contribution in [3.05, 3.63) is 42.1 Å². The van der Waals surface area contributed by atoms with E-state index in [4.69, 9.17) is 19.4 Å². The number of nitrogens with one attached hydrogen (secondary N) is 3. The molecule has 0 spiro atoms. The maximum absolute atomic E-state index is 14.6. The Morgan fingerprint density at radius 3 is 2.52 bits per heavy atom. The van der Waals surface area contributed by atoms with Crippen LogP contribution in [0.3, 0.4) is 0 Å². The summed E-state index contributed by atoms with van der Waals surface area (Å²) >= 11 is 0. The number of benzene rings is 1. The van der Waals surface area contributed by atoms with Crippen LogP contribution in [0.15, 0.2) is 36.4 Å². The topological polar surface area (TPSA) is 186 Å². The van der Waals surface area contributed by atoms with E-state index in [0.29, 0.717) is 55.6 Å². The zero-order valence-corrected chi connectivity index (χ0v) is 31.6. The Balaban J connectivity index is 1.13. The number of alkyl carbamates (subject to hydrolysis) is 1. The lowest BCUT2D eigenvalue weighted by atomic mass is 10.0. The van der Waals surface area contributed by atoms with Gasteiger partial charge in [-0.1, -0.05) is 50.0 Å². The number of hydrogen-bond acceptors (Lipinski definition) is 10. The van der Waals surface area contributed by atoms with Crippen molar-refractivity contribution in [1.29, 1.82) is 0 Å². The Morgan fingerprint density at radius 2 is 1.72 bits per heavy atom. The molecule has 3 aliphatic heterocycles. The van der Waals surface area contributed by atoms with Gasteiger partial charge in [0, 0.05) is 18.3 Å². The normalized spacial score (nSPS) is 34.1. The first kappa shape index (κ1) is 36.7. The number of aromatic nitrogens is 2. The van der Waals surface area contributed by atoms with Gasteiger partial charge in [0.1, 0.15) is 35.0 Å². The fourth-order valence-electron chi connectivity index (χ4n) is 8.49. The number of aryl methyl sites for hydroxylation is 1. The van der Waals surface area contributed by atoms with Crippen LogP contribution in [0.1, 0.15) is 103 Å². The standard InChI is InChI=1S/C39H50N6O8S/c1-38-21-24(38)12-7-5-9-16-30-34(41-29-15-11-10-14-28(29)40-30)52-26-20-32-33(46)43-39(36(48)44-54(50,51)27-18-19-27)22-25(39)13-6-3-2-4-8-17-31(42-37(49)53-38)35(47)45(32)23-26/h6,10-11,13-15,24-27,31-32H,2-5,7-9,12,16-23H2,1H3,(H,42,49)(H,43,46)(H,44,48)/b13-6-. The summed E-state index contributed by atoms with van der Waals surface area (Å²) in [6.45, 7) is 1.96. The number of allylic oxidation sites excluding steroid dienone is 1. The number of nitrogens with zero attached hydrogens (tertiary/aromatic N) is 3. The number of carbonyl (C=O) groups is 4. The highest BCUT2D eigenvalue weighted by Crippen LogP contribution is 2.50. The summed E-state index contributed by atoms with van der Waals surface area (Å²) in [6.07, 6.45) is 12.2. The van der Waals surface area contributed by atoms with E-state index in [9.17, 15) is 27.6 Å². The van der Waals surface area contributed by atoms with Crippen molar-refractivity contribution in [1.82, 2.24) is 30.2 Å². The first-order valence-electron chi connectivity index (χ1n) is 19.7. The maximum Gasteiger partial charge on any atom is 0.408 e. The molecule has 8 rings (SSSR count). The molecule has 3 saturated carbocycles. The molecule has 1 saturated heterocycles. The van der Waals surface area contributed by atoms with Gasteiger partial charge in [-0.05, 0) is 83.3 Å². The maximum atomic E-state index is 14.6. The first-order valence-corrected chi connectivity index (χ1v) is 21.3. The van der Waals surface area contributed by atoms with E-state index >= 15 is 0 Å². The van der Waals surface area contributed by atoms with Gasteiger partial charge >= 0.3 is 6.09 Å². The van der Waals surface area contributed by atoms with Gasteiger partial charge in [-0.15, -0.1) is 0 Å². The Kier molecular flexibility index (Phi) is 9.80. The lowest BCUT2D eigenvalue weighted by Gasteiger charge is -2.30. The highest BCUT2D eigenvalue weighted by Gasteiger charge is 2.62. The highest BCUT2D eigenvalue weighted by atomic mass is 32.2. The van der Waals surface area contributed by atoms with E-state index in [1.54, 1.807) is 0 Å². The van der Waals surface area contributed by atoms with Crippen molar-refractivity contribution in [3.63, 3.8) is 0 Å². The molecule has 2 aromatic rings. The molecule has 6 aliphatic rings. The zero-order chi connectivity index (χ0) is 37.7. The molecule has 1 aromatic carbocycles. The second-order valence-electron chi connectivity index (χ2n) is 16.4. The van der Waals surface area contributed by atoms with Crippen molar-refractivity contribution in [2.24, 2.45) is 11.8 Å². The molecule has 1 aromatic heterocycles. The van der Waals surface area contributed by atoms with E-state index in [1.807, 2.05) is 43.3 Å². The number of amides is 4. The van der Waals surface area contributed by atoms with Crippen LogP contribution >= 0.6 is 0 Å². The van der Waals surface area contributed by atoms with Crippen molar-refractivity contribution in [2.45, 2.75) is 138 Å². The van der Waals surface area contributed by atoms with Crippen LogP contribution in [-0.4, -0.2) is 88.2 Å². The predicted octanol–water partition coefficient (Wildman–Crippen LogP) is 3.97. The van der Waals surface area contributed by atoms with E-state index in [2.05, 4.69) is 15.4 Å². The summed E-state index contributed by atoms with van der Waals surface area (Å²) in [7, 11) is -3.88. The smallest absolute Gasteiger partial charge is 0.408 e. The molecule has 14 nitrogen and oxygen atoms in total. The molecule has 4 heterocycles. The van der Waals surface area contributed by atoms with Crippen molar-refractivity contribution < 1.29 is 37.1 Å². The minimum absolute atomic E-state index is 0.0243. The Labute approximate surface area is 315 Å². The molecule has 4 fully saturated rings. The number of sulfonamides is 1. The molecule has 3 N–H and O–H groups in total. The van der Waals surface area contributed by atoms with Crippen LogP contribution in [0, 0.1) is 11.8 Å². The summed E-state index contributed by atoms with van der Waals surface area (Å²) in [5, 5.41) is 5.15. The van der Waals surface area contributed by atoms with Crippen molar-refractivity contribution in [2.75, 3.05) is 6.54 Å². The Bertz CT molecular complexity index is 1970. The average Bonchev–Trinajstić information content (AvgIpc) is 4.08. The molecule has 3 aliphatic carbocycles. The lowest BCUT2D eigenvalue weighted by Crippen LogP contribution is -2.58. The second-order valence-corrected chi connectivity index (χ2v) is 18.3. The number of rotatable bonds is 3. The number of para-hydroxylation sites is 2. The molecule has 7 atom stereocenters. The fraction of sp³-hybridized carbons (Fsp3) is 0.641. The van der Waals surface area contributed by atoms with Gasteiger partial charge < -0.3 is 25.0 Å². The zero-order valence-electron chi connectivity index (χ0n) is 30.8. The number of ether oxygens (including phenoxy) is 2. The van der Waals surface area contributed by atoms with Gasteiger partial charge in [0.15, 0.2) is 0 Å². The van der Waals surface area contributed by atoms with Gasteiger partial charge in [0.2, 0.25) is 27.7 Å². The van der Waals surface area contributed by atoms with Crippen LogP contribution in [0.4, 0.5) is 4.79 Å². The summed E-state index contributed by atoms with van der Waals surface area (Å²) in [6, 6.07) is 5.53. The summed E-state index contributed by atoms with van der Waals surface area (Å²) in [5.74, 6) is -1.62. The number of fused-ring (bicyclic) bond motifs is 6. The highest BCUT2D eigenvalue weighted by molar-refractivity contribution is 7.91. The summed E-state index contributed by atoms with van der Waals surface area (Å²) < 4.78 is 40.5. The molecular weight excluding hydrogens is 713 g/mol. The quantitative estimate of drug-likeness (QED) is 0.387. The van der Waals surface area contributed by atoms with Crippen molar-refractivity contribution >= 4 is 44.9 Å². The Morgan fingerprint density at radius 1 is 0.963 bits per heavy atom. The number of carbonyl (C=O) groups excluding carboxylic acids is 4. The molecule has 4 amide bonds. The van der Waals surface area contributed by atoms with Crippen LogP contribution in [0.25, 0.3) is 11.0 Å². The van der Waals surface area contributed by atoms with Gasteiger partial charge in [-0.3, -0.25) is 19.1 Å². The van der Waals surface area contributed by atoms with Gasteiger partial charge in [0.25, 0.3) is 5.91 Å². The molecule has 7 unspecified atom stereocenters. The third kappa shape index (κ3) is 7.65. The summed E-state index contributed by atoms with van der Waals surface area (Å²) in [5.41, 5.74) is 0.0436. The molecular formula is C39H50N6O8S. The van der Waals surface area contributed by atoms with Gasteiger partial charge in [-0.25, -0.2) is 23.2 Å². The van der Waals surface area contributed by atoms with E-state index in [0.717, 1.165) is 50.5 Å². The van der Waals surface area contributed by atoms with Crippen LogP contribution in [0.5, 0.6) is 5.88 Å². The molecule has 290 valence electrons. The lowest BCUT2D eigenvalue weighted by molar-refractivity contribution is -0.141. The SMILES string of the molecule is CC12CC1CCCCCc1nc3ccccc3nc1OC1CC3C(=O)NC4(C(=O)NS(=O)(=O)C5CC5)CC4/C=C\CCCCCC(NC(=O)O2)C(=O)N3C1. The first-order chi connectivity index (χ1) is 25.9. The molecule has 15 heteroatoms. The largest absolute Gasteiger partial charge is 0.471 e.